The summed E-state index contributed by atoms with van der Waals surface area (Å²) in [6.45, 7) is 4.12. The van der Waals surface area contributed by atoms with Crippen molar-refractivity contribution in [1.82, 2.24) is 0 Å². The van der Waals surface area contributed by atoms with Gasteiger partial charge < -0.3 is 10.2 Å². The molecule has 0 aromatic heterocycles. The number of nitrogens with one attached hydrogen (secondary N) is 1. The summed E-state index contributed by atoms with van der Waals surface area (Å²) in [6, 6.07) is 8.62. The third kappa shape index (κ3) is 3.38. The van der Waals surface area contributed by atoms with Gasteiger partial charge in [-0.05, 0) is 43.2 Å². The molecule has 1 atom stereocenters. The van der Waals surface area contributed by atoms with Gasteiger partial charge in [-0.1, -0.05) is 12.1 Å². The maximum Gasteiger partial charge on any atom is 0.229 e. The Hall–Kier alpha value is -2.76. The molecule has 2 amide bonds. The molecule has 4 nitrogen and oxygen atoms in total. The Morgan fingerprint density at radius 2 is 1.96 bits per heavy atom. The highest BCUT2D eigenvalue weighted by Gasteiger charge is 2.36. The first kappa shape index (κ1) is 17.1. The second kappa shape index (κ2) is 6.63. The number of rotatable bonds is 3. The van der Waals surface area contributed by atoms with Crippen molar-refractivity contribution >= 4 is 23.2 Å². The minimum absolute atomic E-state index is 0.0576. The first-order valence-corrected chi connectivity index (χ1v) is 7.99. The molecular formula is C19H18F2N2O2. The lowest BCUT2D eigenvalue weighted by molar-refractivity contribution is -0.122. The number of amides is 2. The molecule has 130 valence electrons. The van der Waals surface area contributed by atoms with Crippen molar-refractivity contribution < 1.29 is 18.4 Å². The van der Waals surface area contributed by atoms with Crippen molar-refractivity contribution in [1.29, 1.82) is 0 Å². The van der Waals surface area contributed by atoms with E-state index < -0.39 is 23.5 Å². The number of hydrogen-bond donors (Lipinski definition) is 1. The summed E-state index contributed by atoms with van der Waals surface area (Å²) in [5, 5.41) is 2.44. The predicted octanol–water partition coefficient (Wildman–Crippen LogP) is 3.57. The van der Waals surface area contributed by atoms with Gasteiger partial charge in [-0.3, -0.25) is 9.59 Å². The summed E-state index contributed by atoms with van der Waals surface area (Å²) >= 11 is 0. The van der Waals surface area contributed by atoms with Gasteiger partial charge in [0, 0.05) is 24.7 Å². The van der Waals surface area contributed by atoms with Crippen molar-refractivity contribution in [3.8, 4) is 0 Å². The standard InChI is InChI=1S/C19H18F2N2O2/c1-11-4-3-5-17(12(11)2)23-10-13(8-18(23)24)19(25)22-16-7-6-14(20)9-15(16)21/h3-7,9,13H,8,10H2,1-2H3,(H,22,25). The zero-order valence-corrected chi connectivity index (χ0v) is 14.0. The number of benzene rings is 2. The molecule has 0 radical (unpaired) electrons. The molecule has 0 bridgehead atoms. The largest absolute Gasteiger partial charge is 0.323 e. The summed E-state index contributed by atoms with van der Waals surface area (Å²) in [7, 11) is 0. The molecule has 0 saturated carbocycles. The Labute approximate surface area is 144 Å². The van der Waals surface area contributed by atoms with Gasteiger partial charge >= 0.3 is 0 Å². The van der Waals surface area contributed by atoms with Gasteiger partial charge in [0.05, 0.1) is 11.6 Å². The van der Waals surface area contributed by atoms with E-state index in [1.165, 1.54) is 6.07 Å². The van der Waals surface area contributed by atoms with Gasteiger partial charge in [0.2, 0.25) is 11.8 Å². The Balaban J connectivity index is 1.75. The molecule has 1 aliphatic heterocycles. The van der Waals surface area contributed by atoms with Crippen LogP contribution in [-0.4, -0.2) is 18.4 Å². The molecule has 1 saturated heterocycles. The molecule has 2 aromatic carbocycles. The number of nitrogens with zero attached hydrogens (tertiary/aromatic N) is 1. The molecule has 0 spiro atoms. The van der Waals surface area contributed by atoms with E-state index in [0.717, 1.165) is 22.9 Å². The summed E-state index contributed by atoms with van der Waals surface area (Å²) in [4.78, 5) is 26.3. The van der Waals surface area contributed by atoms with Crippen LogP contribution in [0.3, 0.4) is 0 Å². The van der Waals surface area contributed by atoms with Crippen LogP contribution in [0.1, 0.15) is 17.5 Å². The Morgan fingerprint density at radius 1 is 1.20 bits per heavy atom. The Bertz CT molecular complexity index is 851. The van der Waals surface area contributed by atoms with Gasteiger partial charge in [-0.2, -0.15) is 0 Å². The molecule has 1 N–H and O–H groups in total. The highest BCUT2D eigenvalue weighted by molar-refractivity contribution is 6.03. The van der Waals surface area contributed by atoms with E-state index in [-0.39, 0.29) is 24.6 Å². The first-order chi connectivity index (χ1) is 11.9. The van der Waals surface area contributed by atoms with Crippen molar-refractivity contribution in [3.63, 3.8) is 0 Å². The zero-order chi connectivity index (χ0) is 18.1. The molecule has 1 heterocycles. The van der Waals surface area contributed by atoms with Crippen LogP contribution in [0.4, 0.5) is 20.2 Å². The Morgan fingerprint density at radius 3 is 2.68 bits per heavy atom. The summed E-state index contributed by atoms with van der Waals surface area (Å²) < 4.78 is 26.6. The lowest BCUT2D eigenvalue weighted by atomic mass is 10.1. The summed E-state index contributed by atoms with van der Waals surface area (Å²) in [5.74, 6) is -2.74. The van der Waals surface area contributed by atoms with E-state index in [4.69, 9.17) is 0 Å². The average molecular weight is 344 g/mol. The van der Waals surface area contributed by atoms with Gasteiger partial charge in [-0.25, -0.2) is 8.78 Å². The molecule has 25 heavy (non-hydrogen) atoms. The minimum Gasteiger partial charge on any atom is -0.323 e. The molecule has 1 fully saturated rings. The third-order valence-corrected chi connectivity index (χ3v) is 4.55. The lowest BCUT2D eigenvalue weighted by Crippen LogP contribution is -2.28. The van der Waals surface area contributed by atoms with Crippen LogP contribution in [0.2, 0.25) is 0 Å². The number of hydrogen-bond acceptors (Lipinski definition) is 2. The molecule has 0 aliphatic carbocycles. The predicted molar refractivity (Wildman–Crippen MR) is 91.4 cm³/mol. The van der Waals surface area contributed by atoms with E-state index >= 15 is 0 Å². The smallest absolute Gasteiger partial charge is 0.229 e. The summed E-state index contributed by atoms with van der Waals surface area (Å²) in [6.07, 6.45) is 0.0576. The second-order valence-corrected chi connectivity index (χ2v) is 6.24. The van der Waals surface area contributed by atoms with E-state index in [0.29, 0.717) is 6.07 Å². The van der Waals surface area contributed by atoms with Gasteiger partial charge in [-0.15, -0.1) is 0 Å². The third-order valence-electron chi connectivity index (χ3n) is 4.55. The fourth-order valence-corrected chi connectivity index (χ4v) is 2.97. The van der Waals surface area contributed by atoms with Crippen molar-refractivity contribution in [2.75, 3.05) is 16.8 Å². The number of carbonyl (C=O) groups excluding carboxylic acids is 2. The van der Waals surface area contributed by atoms with Gasteiger partial charge in [0.25, 0.3) is 0 Å². The molecule has 1 aliphatic rings. The van der Waals surface area contributed by atoms with Crippen LogP contribution in [0.15, 0.2) is 36.4 Å². The maximum absolute atomic E-state index is 13.7. The van der Waals surface area contributed by atoms with E-state index in [9.17, 15) is 18.4 Å². The number of halogens is 2. The normalized spacial score (nSPS) is 17.0. The topological polar surface area (TPSA) is 49.4 Å². The van der Waals surface area contributed by atoms with Crippen molar-refractivity contribution in [3.05, 3.63) is 59.2 Å². The van der Waals surface area contributed by atoms with Crippen LogP contribution in [0, 0.1) is 31.4 Å². The molecule has 2 aromatic rings. The van der Waals surface area contributed by atoms with Crippen molar-refractivity contribution in [2.45, 2.75) is 20.3 Å². The maximum atomic E-state index is 13.7. The fourth-order valence-electron chi connectivity index (χ4n) is 2.97. The van der Waals surface area contributed by atoms with Gasteiger partial charge in [0.15, 0.2) is 0 Å². The SMILES string of the molecule is Cc1cccc(N2CC(C(=O)Nc3ccc(F)cc3F)CC2=O)c1C. The van der Waals surface area contributed by atoms with E-state index in [1.807, 2.05) is 32.0 Å². The van der Waals surface area contributed by atoms with Crippen molar-refractivity contribution in [2.24, 2.45) is 5.92 Å². The second-order valence-electron chi connectivity index (χ2n) is 6.24. The monoisotopic (exact) mass is 344 g/mol. The van der Waals surface area contributed by atoms with Crippen LogP contribution in [-0.2, 0) is 9.59 Å². The molecule has 6 heteroatoms. The number of carbonyl (C=O) groups is 2. The van der Waals surface area contributed by atoms with Crippen LogP contribution >= 0.6 is 0 Å². The number of aryl methyl sites for hydroxylation is 1. The van der Waals surface area contributed by atoms with Gasteiger partial charge in [0.1, 0.15) is 11.6 Å². The quantitative estimate of drug-likeness (QED) is 0.925. The highest BCUT2D eigenvalue weighted by atomic mass is 19.1. The molecule has 1 unspecified atom stereocenters. The fraction of sp³-hybridized carbons (Fsp3) is 0.263. The zero-order valence-electron chi connectivity index (χ0n) is 14.0. The number of anilines is 2. The lowest BCUT2D eigenvalue weighted by Gasteiger charge is -2.20. The molecular weight excluding hydrogens is 326 g/mol. The first-order valence-electron chi connectivity index (χ1n) is 7.99. The Kier molecular flexibility index (Phi) is 4.53. The minimum atomic E-state index is -0.843. The summed E-state index contributed by atoms with van der Waals surface area (Å²) in [5.41, 5.74) is 2.74. The van der Waals surface area contributed by atoms with E-state index in [2.05, 4.69) is 5.32 Å². The van der Waals surface area contributed by atoms with E-state index in [1.54, 1.807) is 4.90 Å². The molecule has 3 rings (SSSR count). The van der Waals surface area contributed by atoms with Crippen LogP contribution in [0.5, 0.6) is 0 Å². The van der Waals surface area contributed by atoms with Crippen LogP contribution in [0.25, 0.3) is 0 Å². The van der Waals surface area contributed by atoms with Crippen LogP contribution < -0.4 is 10.2 Å². The highest BCUT2D eigenvalue weighted by Crippen LogP contribution is 2.30. The average Bonchev–Trinajstić information content (AvgIpc) is 2.94.